The topological polar surface area (TPSA) is 95.0 Å². The summed E-state index contributed by atoms with van der Waals surface area (Å²) < 4.78 is 43.6. The van der Waals surface area contributed by atoms with Crippen molar-refractivity contribution in [1.82, 2.24) is 9.29 Å². The highest BCUT2D eigenvalue weighted by Gasteiger charge is 2.37. The number of carbonyl (C=O) groups excluding carboxylic acids is 1. The van der Waals surface area contributed by atoms with Gasteiger partial charge in [0.25, 0.3) is 0 Å². The number of benzene rings is 1. The standard InChI is InChI=1S/C19H20N2O6S/c1-25-19(22)15-6-5-14(12-20-15)28(23,24)21-8-2-3-16(21)13-4-7-17-18(11-13)27-10-9-26-17/h4-7,11-12,16H,2-3,8-10H2,1H3/t16-/m0/s1. The van der Waals surface area contributed by atoms with E-state index in [0.29, 0.717) is 37.7 Å². The molecule has 1 atom stereocenters. The molecule has 0 spiro atoms. The number of carbonyl (C=O) groups is 1. The summed E-state index contributed by atoms with van der Waals surface area (Å²) in [7, 11) is -2.51. The summed E-state index contributed by atoms with van der Waals surface area (Å²) in [5.41, 5.74) is 0.927. The number of rotatable bonds is 4. The Hall–Kier alpha value is -2.65. The average Bonchev–Trinajstić information content (AvgIpc) is 3.24. The van der Waals surface area contributed by atoms with Gasteiger partial charge in [0.05, 0.1) is 13.2 Å². The number of methoxy groups -OCH3 is 1. The third kappa shape index (κ3) is 3.31. The molecule has 2 aliphatic heterocycles. The average molecular weight is 404 g/mol. The van der Waals surface area contributed by atoms with Crippen molar-refractivity contribution in [3.8, 4) is 11.5 Å². The largest absolute Gasteiger partial charge is 0.486 e. The summed E-state index contributed by atoms with van der Waals surface area (Å²) in [5, 5.41) is 0. The molecule has 8 nitrogen and oxygen atoms in total. The molecule has 4 rings (SSSR count). The maximum absolute atomic E-state index is 13.2. The number of hydrogen-bond acceptors (Lipinski definition) is 7. The lowest BCUT2D eigenvalue weighted by Crippen LogP contribution is -2.31. The number of esters is 1. The second-order valence-electron chi connectivity index (χ2n) is 6.55. The minimum absolute atomic E-state index is 0.0459. The number of hydrogen-bond donors (Lipinski definition) is 0. The quantitative estimate of drug-likeness (QED) is 0.721. The van der Waals surface area contributed by atoms with E-state index < -0.39 is 16.0 Å². The number of aromatic nitrogens is 1. The summed E-state index contributed by atoms with van der Waals surface area (Å²) in [6.45, 7) is 1.40. The van der Waals surface area contributed by atoms with Crippen molar-refractivity contribution in [2.45, 2.75) is 23.8 Å². The van der Waals surface area contributed by atoms with Gasteiger partial charge in [0.2, 0.25) is 10.0 Å². The molecule has 0 amide bonds. The monoisotopic (exact) mass is 404 g/mol. The number of nitrogens with zero attached hydrogens (tertiary/aromatic N) is 2. The van der Waals surface area contributed by atoms with Crippen LogP contribution in [0, 0.1) is 0 Å². The first-order valence-corrected chi connectivity index (χ1v) is 10.4. The molecule has 28 heavy (non-hydrogen) atoms. The normalized spacial score (nSPS) is 19.4. The van der Waals surface area contributed by atoms with Crippen LogP contribution in [0.5, 0.6) is 11.5 Å². The third-order valence-electron chi connectivity index (χ3n) is 4.89. The van der Waals surface area contributed by atoms with E-state index >= 15 is 0 Å². The summed E-state index contributed by atoms with van der Waals surface area (Å²) >= 11 is 0. The van der Waals surface area contributed by atoms with Crippen LogP contribution in [0.25, 0.3) is 0 Å². The van der Waals surface area contributed by atoms with E-state index in [1.165, 1.54) is 29.7 Å². The number of ether oxygens (including phenoxy) is 3. The maximum atomic E-state index is 13.2. The van der Waals surface area contributed by atoms with Crippen molar-refractivity contribution >= 4 is 16.0 Å². The molecule has 0 radical (unpaired) electrons. The summed E-state index contributed by atoms with van der Waals surface area (Å²) in [4.78, 5) is 15.5. The van der Waals surface area contributed by atoms with Gasteiger partial charge in [-0.1, -0.05) is 6.07 Å². The number of pyridine rings is 1. The van der Waals surface area contributed by atoms with Crippen molar-refractivity contribution in [1.29, 1.82) is 0 Å². The molecule has 1 saturated heterocycles. The van der Waals surface area contributed by atoms with Gasteiger partial charge in [-0.3, -0.25) is 0 Å². The lowest BCUT2D eigenvalue weighted by Gasteiger charge is -2.26. The molecule has 1 fully saturated rings. The fraction of sp³-hybridized carbons (Fsp3) is 0.368. The first kappa shape index (κ1) is 18.7. The molecule has 2 aromatic rings. The molecular formula is C19H20N2O6S. The smallest absolute Gasteiger partial charge is 0.356 e. The van der Waals surface area contributed by atoms with E-state index in [0.717, 1.165) is 12.0 Å². The predicted molar refractivity (Wildman–Crippen MR) is 98.9 cm³/mol. The second kappa shape index (κ2) is 7.40. The van der Waals surface area contributed by atoms with E-state index in [4.69, 9.17) is 9.47 Å². The molecule has 0 aliphatic carbocycles. The minimum atomic E-state index is -3.76. The predicted octanol–water partition coefficient (Wildman–Crippen LogP) is 2.17. The molecule has 9 heteroatoms. The van der Waals surface area contributed by atoms with E-state index in [-0.39, 0.29) is 16.6 Å². The van der Waals surface area contributed by atoms with Gasteiger partial charge in [-0.2, -0.15) is 4.31 Å². The molecule has 0 N–H and O–H groups in total. The van der Waals surface area contributed by atoms with Crippen LogP contribution in [0.1, 0.15) is 34.9 Å². The Kier molecular flexibility index (Phi) is 4.94. The van der Waals surface area contributed by atoms with Gasteiger partial charge in [0, 0.05) is 12.7 Å². The number of fused-ring (bicyclic) bond motifs is 1. The summed E-state index contributed by atoms with van der Waals surface area (Å²) in [5.74, 6) is 0.696. The first-order chi connectivity index (χ1) is 13.5. The molecule has 0 unspecified atom stereocenters. The van der Waals surface area contributed by atoms with Crippen LogP contribution in [-0.2, 0) is 14.8 Å². The van der Waals surface area contributed by atoms with Crippen LogP contribution in [0.4, 0.5) is 0 Å². The lowest BCUT2D eigenvalue weighted by atomic mass is 10.0. The molecule has 2 aliphatic rings. The zero-order valence-electron chi connectivity index (χ0n) is 15.3. The molecule has 1 aromatic heterocycles. The molecule has 0 bridgehead atoms. The molecule has 0 saturated carbocycles. The van der Waals surface area contributed by atoms with E-state index in [1.807, 2.05) is 18.2 Å². The van der Waals surface area contributed by atoms with E-state index in [9.17, 15) is 13.2 Å². The van der Waals surface area contributed by atoms with Gasteiger partial charge < -0.3 is 14.2 Å². The van der Waals surface area contributed by atoms with Gasteiger partial charge in [-0.15, -0.1) is 0 Å². The Morgan fingerprint density at radius 3 is 2.68 bits per heavy atom. The van der Waals surface area contributed by atoms with Crippen molar-refractivity contribution < 1.29 is 27.4 Å². The summed E-state index contributed by atoms with van der Waals surface area (Å²) in [6, 6.07) is 8.00. The second-order valence-corrected chi connectivity index (χ2v) is 8.44. The Balaban J connectivity index is 1.63. The Morgan fingerprint density at radius 1 is 1.18 bits per heavy atom. The molecular weight excluding hydrogens is 384 g/mol. The van der Waals surface area contributed by atoms with Gasteiger partial charge in [0.1, 0.15) is 23.8 Å². The Bertz CT molecular complexity index is 990. The Labute approximate surface area is 163 Å². The highest BCUT2D eigenvalue weighted by Crippen LogP contribution is 2.40. The van der Waals surface area contributed by atoms with Crippen molar-refractivity contribution in [3.05, 3.63) is 47.8 Å². The molecule has 1 aromatic carbocycles. The fourth-order valence-electron chi connectivity index (χ4n) is 3.52. The summed E-state index contributed by atoms with van der Waals surface area (Å²) in [6.07, 6.45) is 2.67. The van der Waals surface area contributed by atoms with E-state index in [2.05, 4.69) is 9.72 Å². The molecule has 148 valence electrons. The third-order valence-corrected chi connectivity index (χ3v) is 6.78. The van der Waals surface area contributed by atoms with Gasteiger partial charge in [0.15, 0.2) is 11.5 Å². The highest BCUT2D eigenvalue weighted by atomic mass is 32.2. The SMILES string of the molecule is COC(=O)c1ccc(S(=O)(=O)N2CCC[C@H]2c2ccc3c(c2)OCCO3)cn1. The van der Waals surface area contributed by atoms with Crippen molar-refractivity contribution in [2.24, 2.45) is 0 Å². The number of sulfonamides is 1. The van der Waals surface area contributed by atoms with Crippen molar-refractivity contribution in [3.63, 3.8) is 0 Å². The van der Waals surface area contributed by atoms with Gasteiger partial charge in [-0.05, 0) is 42.7 Å². The Morgan fingerprint density at radius 2 is 1.96 bits per heavy atom. The van der Waals surface area contributed by atoms with Gasteiger partial charge >= 0.3 is 5.97 Å². The van der Waals surface area contributed by atoms with Crippen LogP contribution >= 0.6 is 0 Å². The van der Waals surface area contributed by atoms with Crippen LogP contribution in [0.2, 0.25) is 0 Å². The highest BCUT2D eigenvalue weighted by molar-refractivity contribution is 7.89. The minimum Gasteiger partial charge on any atom is -0.486 e. The van der Waals surface area contributed by atoms with Gasteiger partial charge in [-0.25, -0.2) is 18.2 Å². The van der Waals surface area contributed by atoms with Crippen molar-refractivity contribution in [2.75, 3.05) is 26.9 Å². The molecule has 3 heterocycles. The fourth-order valence-corrected chi connectivity index (χ4v) is 5.15. The van der Waals surface area contributed by atoms with Crippen LogP contribution in [0.3, 0.4) is 0 Å². The van der Waals surface area contributed by atoms with E-state index in [1.54, 1.807) is 0 Å². The zero-order chi connectivity index (χ0) is 19.7. The van der Waals surface area contributed by atoms with Crippen LogP contribution < -0.4 is 9.47 Å². The zero-order valence-corrected chi connectivity index (χ0v) is 16.1. The van der Waals surface area contributed by atoms with Crippen LogP contribution in [-0.4, -0.2) is 50.5 Å². The lowest BCUT2D eigenvalue weighted by molar-refractivity contribution is 0.0594. The van der Waals surface area contributed by atoms with Crippen LogP contribution in [0.15, 0.2) is 41.4 Å². The first-order valence-electron chi connectivity index (χ1n) is 8.96. The maximum Gasteiger partial charge on any atom is 0.356 e.